The first-order chi connectivity index (χ1) is 15.7. The van der Waals surface area contributed by atoms with Crippen molar-refractivity contribution in [2.24, 2.45) is 29.6 Å². The topological polar surface area (TPSA) is 68.9 Å². The lowest BCUT2D eigenvalue weighted by molar-refractivity contribution is -0.198. The smallest absolute Gasteiger partial charge is 0.363 e. The van der Waals surface area contributed by atoms with Crippen LogP contribution in [0, 0.1) is 29.6 Å². The van der Waals surface area contributed by atoms with E-state index in [2.05, 4.69) is 42.0 Å². The van der Waals surface area contributed by atoms with Gasteiger partial charge < -0.3 is 9.64 Å². The fraction of sp³-hybridized carbons (Fsp3) is 0.957. The van der Waals surface area contributed by atoms with Gasteiger partial charge in [0.2, 0.25) is 5.91 Å². The van der Waals surface area contributed by atoms with Crippen molar-refractivity contribution in [3.63, 3.8) is 0 Å². The number of hydrazine groups is 1. The van der Waals surface area contributed by atoms with Crippen molar-refractivity contribution in [1.29, 1.82) is 0 Å². The van der Waals surface area contributed by atoms with Crippen molar-refractivity contribution in [2.45, 2.75) is 83.5 Å². The number of carbonyl (C=O) groups is 1. The van der Waals surface area contributed by atoms with Crippen LogP contribution in [-0.4, -0.2) is 67.3 Å². The van der Waals surface area contributed by atoms with E-state index in [1.165, 1.54) is 0 Å². The van der Waals surface area contributed by atoms with Crippen molar-refractivity contribution < 1.29 is 22.7 Å². The molecule has 4 rings (SSSR count). The molecule has 1 aliphatic carbocycles. The van der Waals surface area contributed by atoms with E-state index in [0.717, 1.165) is 32.4 Å². The number of rotatable bonds is 7. The second kappa shape index (κ2) is 10.4. The maximum Gasteiger partial charge on any atom is 0.392 e. The van der Waals surface area contributed by atoms with Gasteiger partial charge in [0.25, 0.3) is 0 Å². The van der Waals surface area contributed by atoms with Crippen LogP contribution >= 0.6 is 0 Å². The number of ether oxygens (including phenoxy) is 1. The van der Waals surface area contributed by atoms with Gasteiger partial charge in [-0.2, -0.15) is 13.2 Å². The van der Waals surface area contributed by atoms with Crippen LogP contribution in [0.25, 0.3) is 0 Å². The lowest BCUT2D eigenvalue weighted by Gasteiger charge is -2.43. The number of nitrogens with zero attached hydrogens (tertiary/aromatic N) is 2. The van der Waals surface area contributed by atoms with Crippen molar-refractivity contribution in [3.8, 4) is 0 Å². The van der Waals surface area contributed by atoms with Crippen molar-refractivity contribution in [2.75, 3.05) is 26.9 Å². The second-order valence-corrected chi connectivity index (χ2v) is 10.6. The highest BCUT2D eigenvalue weighted by molar-refractivity contribution is 5.82. The number of halogens is 3. The highest BCUT2D eigenvalue weighted by atomic mass is 19.4. The van der Waals surface area contributed by atoms with E-state index in [1.807, 2.05) is 0 Å². The SMILES string of the molecule is CCCOC1CC([C@H](C)CC2NNCN2C)CC(N2CC3C(CCCC3C(F)(F)F)C2=O)N1. The molecule has 3 saturated heterocycles. The highest BCUT2D eigenvalue weighted by Crippen LogP contribution is 2.48. The number of nitrogens with one attached hydrogen (secondary N) is 3. The van der Waals surface area contributed by atoms with Gasteiger partial charge in [-0.3, -0.25) is 15.0 Å². The molecular weight excluding hydrogens is 435 g/mol. The molecule has 0 aromatic heterocycles. The molecular formula is C23H40F3N5O2. The average Bonchev–Trinajstić information content (AvgIpc) is 3.34. The van der Waals surface area contributed by atoms with Crippen LogP contribution < -0.4 is 16.2 Å². The van der Waals surface area contributed by atoms with Gasteiger partial charge in [0, 0.05) is 19.1 Å². The molecule has 0 bridgehead atoms. The molecule has 3 N–H and O–H groups in total. The summed E-state index contributed by atoms with van der Waals surface area (Å²) in [6.07, 6.45) is 0.182. The van der Waals surface area contributed by atoms with Gasteiger partial charge in [0.1, 0.15) is 6.23 Å². The first-order valence-corrected chi connectivity index (χ1v) is 12.6. The molecule has 0 spiro atoms. The van der Waals surface area contributed by atoms with Gasteiger partial charge in [-0.1, -0.05) is 20.3 Å². The largest absolute Gasteiger partial charge is 0.392 e. The van der Waals surface area contributed by atoms with Gasteiger partial charge >= 0.3 is 6.18 Å². The molecule has 3 heterocycles. The zero-order valence-electron chi connectivity index (χ0n) is 20.0. The fourth-order valence-corrected chi connectivity index (χ4v) is 6.40. The van der Waals surface area contributed by atoms with Crippen LogP contribution in [0.2, 0.25) is 0 Å². The lowest BCUT2D eigenvalue weighted by Crippen LogP contribution is -2.57. The maximum atomic E-state index is 13.7. The Labute approximate surface area is 195 Å². The molecule has 190 valence electrons. The zero-order valence-corrected chi connectivity index (χ0v) is 20.0. The Kier molecular flexibility index (Phi) is 7.90. The monoisotopic (exact) mass is 475 g/mol. The number of piperidine rings is 1. The summed E-state index contributed by atoms with van der Waals surface area (Å²) >= 11 is 0. The first kappa shape index (κ1) is 25.2. The molecule has 4 aliphatic rings. The molecule has 3 aliphatic heterocycles. The molecule has 8 atom stereocenters. The minimum absolute atomic E-state index is 0.101. The van der Waals surface area contributed by atoms with Gasteiger partial charge in [-0.15, -0.1) is 0 Å². The van der Waals surface area contributed by atoms with Crippen LogP contribution in [0.4, 0.5) is 13.2 Å². The van der Waals surface area contributed by atoms with E-state index in [0.29, 0.717) is 31.3 Å². The minimum Gasteiger partial charge on any atom is -0.363 e. The van der Waals surface area contributed by atoms with E-state index in [4.69, 9.17) is 4.74 Å². The first-order valence-electron chi connectivity index (χ1n) is 12.6. The molecule has 1 saturated carbocycles. The molecule has 4 fully saturated rings. The number of carbonyl (C=O) groups excluding carboxylic acids is 1. The second-order valence-electron chi connectivity index (χ2n) is 10.6. The Hall–Kier alpha value is -0.940. The van der Waals surface area contributed by atoms with E-state index in [1.54, 1.807) is 4.90 Å². The van der Waals surface area contributed by atoms with Crippen LogP contribution in [0.15, 0.2) is 0 Å². The number of alkyl halides is 3. The number of amides is 1. The molecule has 33 heavy (non-hydrogen) atoms. The van der Waals surface area contributed by atoms with Crippen molar-refractivity contribution >= 4 is 5.91 Å². The Bertz CT molecular complexity index is 681. The third-order valence-corrected chi connectivity index (χ3v) is 8.34. The molecule has 7 nitrogen and oxygen atoms in total. The van der Waals surface area contributed by atoms with Gasteiger partial charge in [-0.25, -0.2) is 10.9 Å². The van der Waals surface area contributed by atoms with Gasteiger partial charge in [0.15, 0.2) is 0 Å². The summed E-state index contributed by atoms with van der Waals surface area (Å²) in [6.45, 7) is 5.91. The van der Waals surface area contributed by atoms with Crippen LogP contribution in [0.3, 0.4) is 0 Å². The zero-order chi connectivity index (χ0) is 23.8. The number of hydrogen-bond donors (Lipinski definition) is 3. The Morgan fingerprint density at radius 3 is 2.70 bits per heavy atom. The predicted molar refractivity (Wildman–Crippen MR) is 118 cm³/mol. The maximum absolute atomic E-state index is 13.7. The van der Waals surface area contributed by atoms with Crippen LogP contribution in [-0.2, 0) is 9.53 Å². The van der Waals surface area contributed by atoms with E-state index in [9.17, 15) is 18.0 Å². The third-order valence-electron chi connectivity index (χ3n) is 8.34. The summed E-state index contributed by atoms with van der Waals surface area (Å²) in [5, 5.41) is 3.47. The lowest BCUT2D eigenvalue weighted by atomic mass is 9.73. The normalized spacial score (nSPS) is 39.2. The summed E-state index contributed by atoms with van der Waals surface area (Å²) in [4.78, 5) is 17.2. The summed E-state index contributed by atoms with van der Waals surface area (Å²) in [5.41, 5.74) is 6.47. The van der Waals surface area contributed by atoms with E-state index in [-0.39, 0.29) is 37.4 Å². The quantitative estimate of drug-likeness (QED) is 0.526. The minimum atomic E-state index is -4.24. The Morgan fingerprint density at radius 1 is 1.24 bits per heavy atom. The standard InChI is InChI=1S/C23H40F3N5O2/c1-4-8-33-21-11-15(14(2)9-20-29-27-13-30(20)3)10-19(28-21)31-12-17-16(22(31)32)6-5-7-18(17)23(24,25)26/h14-21,27-29H,4-13H2,1-3H3/t14-,15?,16?,17?,18?,19?,20?,21?/m1/s1. The summed E-state index contributed by atoms with van der Waals surface area (Å²) in [7, 11) is 2.07. The average molecular weight is 476 g/mol. The van der Waals surface area contributed by atoms with E-state index >= 15 is 0 Å². The predicted octanol–water partition coefficient (Wildman–Crippen LogP) is 2.85. The van der Waals surface area contributed by atoms with Gasteiger partial charge in [-0.05, 0) is 63.3 Å². The molecule has 0 aromatic rings. The van der Waals surface area contributed by atoms with Crippen LogP contribution in [0.5, 0.6) is 0 Å². The van der Waals surface area contributed by atoms with Crippen molar-refractivity contribution in [1.82, 2.24) is 26.0 Å². The number of hydrogen-bond acceptors (Lipinski definition) is 6. The molecule has 0 aromatic carbocycles. The Balaban J connectivity index is 1.47. The number of fused-ring (bicyclic) bond motifs is 1. The Morgan fingerprint density at radius 2 is 2.03 bits per heavy atom. The molecule has 0 radical (unpaired) electrons. The number of likely N-dealkylation sites (tertiary alicyclic amines) is 1. The summed E-state index contributed by atoms with van der Waals surface area (Å²) < 4.78 is 47.1. The van der Waals surface area contributed by atoms with E-state index < -0.39 is 23.9 Å². The fourth-order valence-electron chi connectivity index (χ4n) is 6.40. The highest BCUT2D eigenvalue weighted by Gasteiger charge is 2.56. The molecule has 7 unspecified atom stereocenters. The van der Waals surface area contributed by atoms with Crippen molar-refractivity contribution in [3.05, 3.63) is 0 Å². The van der Waals surface area contributed by atoms with Crippen LogP contribution in [0.1, 0.15) is 58.8 Å². The summed E-state index contributed by atoms with van der Waals surface area (Å²) in [6, 6.07) is 0. The summed E-state index contributed by atoms with van der Waals surface area (Å²) in [5.74, 6) is -1.89. The third kappa shape index (κ3) is 5.50. The molecule has 1 amide bonds. The van der Waals surface area contributed by atoms with Gasteiger partial charge in [0.05, 0.1) is 24.9 Å². The molecule has 10 heteroatoms.